The molecule has 1 amide bonds. The summed E-state index contributed by atoms with van der Waals surface area (Å²) in [6, 6.07) is 5.92. The number of fused-ring (bicyclic) bond motifs is 1. The van der Waals surface area contributed by atoms with Gasteiger partial charge in [0.2, 0.25) is 0 Å². The molecule has 0 aliphatic carbocycles. The fourth-order valence-electron chi connectivity index (χ4n) is 2.33. The number of unbranched alkanes of at least 4 members (excludes halogenated alkanes) is 1. The lowest BCUT2D eigenvalue weighted by molar-refractivity contribution is 0.136. The van der Waals surface area contributed by atoms with Gasteiger partial charge in [0.15, 0.2) is 0 Å². The summed E-state index contributed by atoms with van der Waals surface area (Å²) in [5.74, 6) is 0. The van der Waals surface area contributed by atoms with Crippen LogP contribution < -0.4 is 16.4 Å². The van der Waals surface area contributed by atoms with E-state index in [1.165, 1.54) is 0 Å². The molecule has 25 heavy (non-hydrogen) atoms. The normalized spacial score (nSPS) is 11.4. The van der Waals surface area contributed by atoms with Crippen LogP contribution in [0, 0.1) is 0 Å². The Bertz CT molecular complexity index is 744. The van der Waals surface area contributed by atoms with Gasteiger partial charge in [0, 0.05) is 21.9 Å². The molecule has 0 aliphatic heterocycles. The van der Waals surface area contributed by atoms with E-state index < -0.39 is 0 Å². The highest BCUT2D eigenvalue weighted by Crippen LogP contribution is 2.29. The van der Waals surface area contributed by atoms with Gasteiger partial charge in [-0.15, -0.1) is 0 Å². The Hall–Kier alpha value is -2.02. The lowest BCUT2D eigenvalue weighted by Crippen LogP contribution is -2.41. The molecule has 0 fully saturated rings. The predicted octanol–water partition coefficient (Wildman–Crippen LogP) is 4.30. The van der Waals surface area contributed by atoms with E-state index >= 15 is 0 Å². The van der Waals surface area contributed by atoms with E-state index in [4.69, 9.17) is 10.5 Å². The Kier molecular flexibility index (Phi) is 6.47. The molecule has 2 aromatic rings. The number of nitrogens with zero attached hydrogens (tertiary/aromatic N) is 1. The minimum absolute atomic E-state index is 0.284. The number of ether oxygens (including phenoxy) is 1. The van der Waals surface area contributed by atoms with Crippen LogP contribution in [0.15, 0.2) is 28.9 Å². The minimum Gasteiger partial charge on any atom is -0.450 e. The van der Waals surface area contributed by atoms with Crippen molar-refractivity contribution in [2.45, 2.75) is 39.2 Å². The van der Waals surface area contributed by atoms with Crippen LogP contribution in [0.1, 0.15) is 33.6 Å². The Morgan fingerprint density at radius 1 is 1.32 bits per heavy atom. The number of halogens is 1. The molecule has 7 heteroatoms. The topological polar surface area (TPSA) is 89.3 Å². The van der Waals surface area contributed by atoms with E-state index in [1.807, 2.05) is 39.0 Å². The highest BCUT2D eigenvalue weighted by atomic mass is 79.9. The van der Waals surface area contributed by atoms with E-state index in [-0.39, 0.29) is 11.6 Å². The maximum Gasteiger partial charge on any atom is 0.407 e. The number of carbonyl (C=O) groups excluding carboxylic acids is 1. The van der Waals surface area contributed by atoms with Gasteiger partial charge < -0.3 is 21.1 Å². The van der Waals surface area contributed by atoms with Crippen molar-refractivity contribution in [2.24, 2.45) is 0 Å². The largest absolute Gasteiger partial charge is 0.450 e. The highest BCUT2D eigenvalue weighted by Gasteiger charge is 2.14. The lowest BCUT2D eigenvalue weighted by Gasteiger charge is -2.19. The van der Waals surface area contributed by atoms with Crippen LogP contribution in [0.5, 0.6) is 0 Å². The van der Waals surface area contributed by atoms with E-state index in [0.29, 0.717) is 12.3 Å². The number of benzene rings is 1. The zero-order valence-electron chi connectivity index (χ0n) is 14.9. The smallest absolute Gasteiger partial charge is 0.407 e. The molecule has 1 aromatic heterocycles. The molecule has 0 saturated heterocycles. The molecule has 0 aliphatic rings. The molecule has 1 aromatic carbocycles. The number of nitrogen functional groups attached to an aromatic ring is 1. The van der Waals surface area contributed by atoms with Crippen LogP contribution in [0.4, 0.5) is 16.2 Å². The molecule has 0 radical (unpaired) electrons. The van der Waals surface area contributed by atoms with Crippen molar-refractivity contribution in [3.63, 3.8) is 0 Å². The molecule has 6 nitrogen and oxygen atoms in total. The Labute approximate surface area is 156 Å². The maximum absolute atomic E-state index is 11.6. The molecule has 4 N–H and O–H groups in total. The first-order valence-electron chi connectivity index (χ1n) is 8.29. The first-order valence-corrected chi connectivity index (χ1v) is 9.08. The number of nitrogens with one attached hydrogen (secondary N) is 2. The van der Waals surface area contributed by atoms with E-state index in [0.717, 1.165) is 40.4 Å². The molecule has 0 unspecified atom stereocenters. The molecular formula is C18H25BrN4O2. The number of nitrogens with two attached hydrogens (primary N) is 1. The van der Waals surface area contributed by atoms with E-state index in [9.17, 15) is 4.79 Å². The number of hydrogen-bond acceptors (Lipinski definition) is 5. The van der Waals surface area contributed by atoms with Crippen molar-refractivity contribution in [2.75, 3.05) is 24.2 Å². The Morgan fingerprint density at radius 2 is 2.08 bits per heavy atom. The van der Waals surface area contributed by atoms with Crippen molar-refractivity contribution in [3.05, 3.63) is 28.9 Å². The molecule has 136 valence electrons. The molecule has 0 bridgehead atoms. The van der Waals surface area contributed by atoms with Gasteiger partial charge in [-0.25, -0.2) is 4.79 Å². The number of aromatic nitrogens is 1. The standard InChI is InChI=1S/C18H25BrN4O2/c1-18(2,3)23-17(24)25-9-5-4-8-21-16-13-7-6-12(19)10-15(13)22-11-14(16)20/h6-7,10-11H,4-5,8-9,20H2,1-3H3,(H,21,22)(H,23,24). The summed E-state index contributed by atoms with van der Waals surface area (Å²) in [6.45, 7) is 6.88. The van der Waals surface area contributed by atoms with Gasteiger partial charge in [0.1, 0.15) is 0 Å². The maximum atomic E-state index is 11.6. The summed E-state index contributed by atoms with van der Waals surface area (Å²) >= 11 is 3.45. The van der Waals surface area contributed by atoms with Gasteiger partial charge in [-0.3, -0.25) is 4.98 Å². The average Bonchev–Trinajstić information content (AvgIpc) is 2.50. The first kappa shape index (κ1) is 19.3. The van der Waals surface area contributed by atoms with Crippen molar-refractivity contribution >= 4 is 44.3 Å². The Balaban J connectivity index is 1.80. The third-order valence-electron chi connectivity index (χ3n) is 3.44. The summed E-state index contributed by atoms with van der Waals surface area (Å²) in [6.07, 6.45) is 2.92. The molecule has 0 spiro atoms. The van der Waals surface area contributed by atoms with Crippen LogP contribution in [0.25, 0.3) is 10.9 Å². The molecular weight excluding hydrogens is 384 g/mol. The molecule has 2 rings (SSSR count). The monoisotopic (exact) mass is 408 g/mol. The second kappa shape index (κ2) is 8.38. The number of carbonyl (C=O) groups is 1. The van der Waals surface area contributed by atoms with Crippen molar-refractivity contribution < 1.29 is 9.53 Å². The lowest BCUT2D eigenvalue weighted by atomic mass is 10.1. The number of amides is 1. The van der Waals surface area contributed by atoms with Gasteiger partial charge in [-0.2, -0.15) is 0 Å². The fourth-order valence-corrected chi connectivity index (χ4v) is 2.68. The second-order valence-corrected chi connectivity index (χ2v) is 7.81. The molecule has 1 heterocycles. The number of pyridine rings is 1. The highest BCUT2D eigenvalue weighted by molar-refractivity contribution is 9.10. The van der Waals surface area contributed by atoms with E-state index in [1.54, 1.807) is 6.20 Å². The van der Waals surface area contributed by atoms with Gasteiger partial charge in [-0.1, -0.05) is 15.9 Å². The van der Waals surface area contributed by atoms with Crippen molar-refractivity contribution in [1.82, 2.24) is 10.3 Å². The van der Waals surface area contributed by atoms with Crippen LogP contribution in [0.2, 0.25) is 0 Å². The quantitative estimate of drug-likeness (QED) is 0.620. The van der Waals surface area contributed by atoms with Crippen molar-refractivity contribution in [3.8, 4) is 0 Å². The third-order valence-corrected chi connectivity index (χ3v) is 3.94. The van der Waals surface area contributed by atoms with Gasteiger partial charge in [0.05, 0.1) is 29.7 Å². The minimum atomic E-state index is -0.379. The third kappa shape index (κ3) is 6.08. The molecule has 0 atom stereocenters. The zero-order chi connectivity index (χ0) is 18.4. The van der Waals surface area contributed by atoms with E-state index in [2.05, 4.69) is 31.5 Å². The zero-order valence-corrected chi connectivity index (χ0v) is 16.4. The van der Waals surface area contributed by atoms with Gasteiger partial charge >= 0.3 is 6.09 Å². The number of anilines is 2. The van der Waals surface area contributed by atoms with Crippen LogP contribution in [-0.4, -0.2) is 29.8 Å². The Morgan fingerprint density at radius 3 is 2.80 bits per heavy atom. The summed E-state index contributed by atoms with van der Waals surface area (Å²) in [5.41, 5.74) is 8.16. The summed E-state index contributed by atoms with van der Waals surface area (Å²) in [4.78, 5) is 15.9. The van der Waals surface area contributed by atoms with Crippen LogP contribution in [-0.2, 0) is 4.74 Å². The molecule has 0 saturated carbocycles. The summed E-state index contributed by atoms with van der Waals surface area (Å²) in [7, 11) is 0. The first-order chi connectivity index (χ1) is 11.8. The number of rotatable bonds is 6. The van der Waals surface area contributed by atoms with Crippen molar-refractivity contribution in [1.29, 1.82) is 0 Å². The average molecular weight is 409 g/mol. The number of alkyl carbamates (subject to hydrolysis) is 1. The van der Waals surface area contributed by atoms with Crippen LogP contribution >= 0.6 is 15.9 Å². The SMILES string of the molecule is CC(C)(C)NC(=O)OCCCCNc1c(N)cnc2cc(Br)ccc12. The van der Waals surface area contributed by atoms with Gasteiger partial charge in [0.25, 0.3) is 0 Å². The predicted molar refractivity (Wildman–Crippen MR) is 106 cm³/mol. The fraction of sp³-hybridized carbons (Fsp3) is 0.444. The number of hydrogen-bond donors (Lipinski definition) is 3. The van der Waals surface area contributed by atoms with Gasteiger partial charge in [-0.05, 0) is 51.8 Å². The summed E-state index contributed by atoms with van der Waals surface area (Å²) in [5, 5.41) is 7.12. The summed E-state index contributed by atoms with van der Waals surface area (Å²) < 4.78 is 6.14. The van der Waals surface area contributed by atoms with Crippen LogP contribution in [0.3, 0.4) is 0 Å². The second-order valence-electron chi connectivity index (χ2n) is 6.89.